The first kappa shape index (κ1) is 24.4. The first-order valence-corrected chi connectivity index (χ1v) is 9.44. The van der Waals surface area contributed by atoms with E-state index < -0.39 is 58.4 Å². The maximum Gasteiger partial charge on any atom is 0.425 e. The molecule has 2 amide bonds. The summed E-state index contributed by atoms with van der Waals surface area (Å²) in [5.41, 5.74) is -1.56. The molecule has 2 aromatic rings. The fourth-order valence-electron chi connectivity index (χ4n) is 2.42. The number of rotatable bonds is 7. The molecule has 31 heavy (non-hydrogen) atoms. The van der Waals surface area contributed by atoms with Gasteiger partial charge in [0.05, 0.1) is 22.0 Å². The molecule has 0 aromatic heterocycles. The lowest BCUT2D eigenvalue weighted by atomic mass is 10.1. The Balaban J connectivity index is 2.47. The number of carbonyl (C=O) groups excluding carboxylic acids is 2. The Kier molecular flexibility index (Phi) is 7.83. The summed E-state index contributed by atoms with van der Waals surface area (Å²) in [4.78, 5) is 24.4. The average Bonchev–Trinajstić information content (AvgIpc) is 2.66. The van der Waals surface area contributed by atoms with Crippen molar-refractivity contribution in [1.82, 2.24) is 0 Å². The number of para-hydroxylation sites is 1. The number of carbonyl (C=O) groups is 2. The van der Waals surface area contributed by atoms with Crippen molar-refractivity contribution in [2.24, 2.45) is 0 Å². The van der Waals surface area contributed by atoms with Gasteiger partial charge in [-0.05, 0) is 31.5 Å². The summed E-state index contributed by atoms with van der Waals surface area (Å²) < 4.78 is 72.2. The van der Waals surface area contributed by atoms with E-state index in [4.69, 9.17) is 16.3 Å². The topological polar surface area (TPSA) is 67.4 Å². The zero-order chi connectivity index (χ0) is 23.3. The van der Waals surface area contributed by atoms with E-state index in [9.17, 15) is 31.5 Å². The van der Waals surface area contributed by atoms with Crippen LogP contribution in [0.3, 0.4) is 0 Å². The van der Waals surface area contributed by atoms with E-state index in [1.54, 1.807) is 6.92 Å². The fourth-order valence-corrected chi connectivity index (χ4v) is 2.63. The van der Waals surface area contributed by atoms with Crippen LogP contribution in [-0.2, 0) is 4.79 Å². The summed E-state index contributed by atoms with van der Waals surface area (Å²) in [7, 11) is 0. The van der Waals surface area contributed by atoms with Gasteiger partial charge in [0, 0.05) is 12.5 Å². The van der Waals surface area contributed by atoms with Crippen LogP contribution in [0.4, 0.5) is 33.3 Å². The molecule has 0 saturated heterocycles. The van der Waals surface area contributed by atoms with Crippen LogP contribution in [0.5, 0.6) is 5.75 Å². The lowest BCUT2D eigenvalue weighted by Gasteiger charge is -2.21. The van der Waals surface area contributed by atoms with Crippen LogP contribution in [0.25, 0.3) is 0 Å². The lowest BCUT2D eigenvalue weighted by molar-refractivity contribution is -0.189. The van der Waals surface area contributed by atoms with E-state index in [-0.39, 0.29) is 11.4 Å². The van der Waals surface area contributed by atoms with Crippen LogP contribution in [0.1, 0.15) is 37.0 Å². The summed E-state index contributed by atoms with van der Waals surface area (Å²) >= 11 is 5.83. The number of benzene rings is 2. The van der Waals surface area contributed by atoms with E-state index in [1.165, 1.54) is 12.1 Å². The van der Waals surface area contributed by atoms with Crippen molar-refractivity contribution in [3.05, 3.63) is 52.6 Å². The number of amides is 2. The standard InChI is InChI=1S/C20H18ClF5N2O3/c1-3-5-17(29)27-15-9-16(31-10(2)20(24,25)26)11(8-14(15)23)19(30)28-18-12(21)6-4-7-13(18)22/h4,6-10H,3,5H2,1-2H3,(H,27,29)(H,28,30)/t10-/m0/s1. The van der Waals surface area contributed by atoms with Crippen molar-refractivity contribution in [2.45, 2.75) is 39.0 Å². The van der Waals surface area contributed by atoms with Crippen LogP contribution < -0.4 is 15.4 Å². The Hall–Kier alpha value is -2.88. The van der Waals surface area contributed by atoms with Gasteiger partial charge in [0.2, 0.25) is 5.91 Å². The molecular formula is C20H18ClF5N2O3. The Morgan fingerprint density at radius 1 is 1.13 bits per heavy atom. The van der Waals surface area contributed by atoms with Crippen molar-refractivity contribution in [2.75, 3.05) is 10.6 Å². The van der Waals surface area contributed by atoms with E-state index >= 15 is 0 Å². The van der Waals surface area contributed by atoms with Gasteiger partial charge in [0.15, 0.2) is 6.10 Å². The Bertz CT molecular complexity index is 962. The molecule has 11 heteroatoms. The predicted molar refractivity (Wildman–Crippen MR) is 105 cm³/mol. The van der Waals surface area contributed by atoms with Crippen molar-refractivity contribution in [3.63, 3.8) is 0 Å². The number of halogens is 6. The van der Waals surface area contributed by atoms with Gasteiger partial charge in [-0.25, -0.2) is 8.78 Å². The van der Waals surface area contributed by atoms with Gasteiger partial charge >= 0.3 is 6.18 Å². The van der Waals surface area contributed by atoms with Gasteiger partial charge in [-0.15, -0.1) is 0 Å². The third-order valence-electron chi connectivity index (χ3n) is 4.03. The molecule has 0 aliphatic heterocycles. The smallest absolute Gasteiger partial charge is 0.425 e. The van der Waals surface area contributed by atoms with Gasteiger partial charge in [-0.2, -0.15) is 13.2 Å². The van der Waals surface area contributed by atoms with E-state index in [1.807, 2.05) is 0 Å². The predicted octanol–water partition coefficient (Wildman–Crippen LogP) is 5.94. The molecule has 0 spiro atoms. The number of ether oxygens (including phenoxy) is 1. The minimum Gasteiger partial charge on any atom is -0.480 e. The Morgan fingerprint density at radius 2 is 1.81 bits per heavy atom. The molecule has 1 atom stereocenters. The average molecular weight is 465 g/mol. The van der Waals surface area contributed by atoms with Crippen LogP contribution in [0, 0.1) is 11.6 Å². The first-order chi connectivity index (χ1) is 14.4. The van der Waals surface area contributed by atoms with Crippen molar-refractivity contribution in [3.8, 4) is 5.75 Å². The summed E-state index contributed by atoms with van der Waals surface area (Å²) in [6.07, 6.45) is -6.66. The van der Waals surface area contributed by atoms with Crippen molar-refractivity contribution < 1.29 is 36.3 Å². The minimum atomic E-state index is -4.79. The van der Waals surface area contributed by atoms with Crippen LogP contribution in [0.2, 0.25) is 5.02 Å². The highest BCUT2D eigenvalue weighted by molar-refractivity contribution is 6.34. The molecule has 0 heterocycles. The van der Waals surface area contributed by atoms with Gasteiger partial charge < -0.3 is 15.4 Å². The maximum atomic E-state index is 14.5. The van der Waals surface area contributed by atoms with Gasteiger partial charge in [0.25, 0.3) is 5.91 Å². The third kappa shape index (κ3) is 6.30. The van der Waals surface area contributed by atoms with Gasteiger partial charge in [-0.1, -0.05) is 24.6 Å². The van der Waals surface area contributed by atoms with Crippen LogP contribution >= 0.6 is 11.6 Å². The highest BCUT2D eigenvalue weighted by atomic mass is 35.5. The highest BCUT2D eigenvalue weighted by Gasteiger charge is 2.39. The quantitative estimate of drug-likeness (QED) is 0.498. The van der Waals surface area contributed by atoms with Gasteiger partial charge in [0.1, 0.15) is 17.4 Å². The SMILES string of the molecule is CCCC(=O)Nc1cc(O[C@@H](C)C(F)(F)F)c(C(=O)Nc2c(F)cccc2Cl)cc1F. The maximum absolute atomic E-state index is 14.5. The lowest BCUT2D eigenvalue weighted by Crippen LogP contribution is -2.32. The molecule has 0 radical (unpaired) electrons. The normalized spacial score (nSPS) is 12.3. The molecular weight excluding hydrogens is 447 g/mol. The largest absolute Gasteiger partial charge is 0.480 e. The molecule has 5 nitrogen and oxygen atoms in total. The zero-order valence-corrected chi connectivity index (χ0v) is 17.1. The number of hydrogen-bond acceptors (Lipinski definition) is 3. The monoisotopic (exact) mass is 464 g/mol. The summed E-state index contributed by atoms with van der Waals surface area (Å²) in [5, 5.41) is 4.13. The minimum absolute atomic E-state index is 0.0443. The summed E-state index contributed by atoms with van der Waals surface area (Å²) in [5.74, 6) is -4.41. The second-order valence-corrected chi connectivity index (χ2v) is 6.89. The molecule has 168 valence electrons. The molecule has 0 aliphatic rings. The third-order valence-corrected chi connectivity index (χ3v) is 4.35. The van der Waals surface area contributed by atoms with E-state index in [0.717, 1.165) is 12.1 Å². The number of hydrogen-bond donors (Lipinski definition) is 2. The van der Waals surface area contributed by atoms with Gasteiger partial charge in [-0.3, -0.25) is 9.59 Å². The molecule has 2 N–H and O–H groups in total. The second kappa shape index (κ2) is 9.95. The molecule has 0 saturated carbocycles. The number of alkyl halides is 3. The summed E-state index contributed by atoms with van der Waals surface area (Å²) in [6, 6.07) is 4.90. The molecule has 2 rings (SSSR count). The molecule has 0 fully saturated rings. The summed E-state index contributed by atoms with van der Waals surface area (Å²) in [6.45, 7) is 2.39. The van der Waals surface area contributed by atoms with Crippen molar-refractivity contribution in [1.29, 1.82) is 0 Å². The van der Waals surface area contributed by atoms with E-state index in [0.29, 0.717) is 19.4 Å². The molecule has 2 aromatic carbocycles. The van der Waals surface area contributed by atoms with Crippen LogP contribution in [0.15, 0.2) is 30.3 Å². The van der Waals surface area contributed by atoms with E-state index in [2.05, 4.69) is 10.6 Å². The fraction of sp³-hybridized carbons (Fsp3) is 0.300. The Labute approximate surface area is 179 Å². The number of nitrogens with one attached hydrogen (secondary N) is 2. The van der Waals surface area contributed by atoms with Crippen molar-refractivity contribution >= 4 is 34.8 Å². The molecule has 0 aliphatic carbocycles. The second-order valence-electron chi connectivity index (χ2n) is 6.48. The Morgan fingerprint density at radius 3 is 2.39 bits per heavy atom. The molecule has 0 bridgehead atoms. The van der Waals surface area contributed by atoms with Crippen LogP contribution in [-0.4, -0.2) is 24.1 Å². The zero-order valence-electron chi connectivity index (χ0n) is 16.4. The highest BCUT2D eigenvalue weighted by Crippen LogP contribution is 2.33. The molecule has 0 unspecified atom stereocenters. The number of anilines is 2. The first-order valence-electron chi connectivity index (χ1n) is 9.06.